The van der Waals surface area contributed by atoms with Crippen molar-refractivity contribution in [3.8, 4) is 16.9 Å². The minimum Gasteiger partial charge on any atom is -0.494 e. The fourth-order valence-corrected chi connectivity index (χ4v) is 10.8. The number of aromatic amines is 1. The van der Waals surface area contributed by atoms with Crippen molar-refractivity contribution in [3.63, 3.8) is 0 Å². The SMILES string of the molecule is CCc1cc(OCCCCN)ccc1-c1ccc(C[C@H](NC(=O)[C@H](CC(=O)O)NC(=O)[C@H](CO)NC(=O)[C@@H](NC(=O)[C@](C)(Cc2ccccc2F)NC(=O)[C@@H](NC(=O)CNC(=O)[C@H](Cc2nn[nH]n2)NC(=O)C(C)(C)N)[C@@H](C)O)[C@@H](C)O)C(=O)N[C@@H](CCCc2cc(C)cc(C)c2)C(N)=O)cc1. The molecule has 0 aliphatic rings. The van der Waals surface area contributed by atoms with Crippen LogP contribution in [0.25, 0.3) is 11.1 Å². The summed E-state index contributed by atoms with van der Waals surface area (Å²) in [6, 6.07) is 11.4. The number of nitrogens with zero attached hydrogens (tertiary/aromatic N) is 3. The molecule has 0 radical (unpaired) electrons. The first kappa shape index (κ1) is 82.3. The molecule has 0 aliphatic carbocycles. The summed E-state index contributed by atoms with van der Waals surface area (Å²) < 4.78 is 21.4. The minimum atomic E-state index is -2.37. The second-order valence-corrected chi connectivity index (χ2v) is 25.8. The van der Waals surface area contributed by atoms with Crippen LogP contribution in [-0.4, -0.2) is 198 Å². The molecule has 4 aromatic carbocycles. The van der Waals surface area contributed by atoms with E-state index in [-0.39, 0.29) is 30.7 Å². The van der Waals surface area contributed by atoms with Crippen molar-refractivity contribution in [2.75, 3.05) is 26.3 Å². The highest BCUT2D eigenvalue weighted by atomic mass is 19.1. The lowest BCUT2D eigenvalue weighted by molar-refractivity contribution is -0.142. The molecule has 0 bridgehead atoms. The first-order valence-corrected chi connectivity index (χ1v) is 33.2. The number of rotatable bonds is 41. The zero-order valence-electron chi connectivity index (χ0n) is 58.3. The van der Waals surface area contributed by atoms with Crippen LogP contribution in [0.5, 0.6) is 5.75 Å². The topological polar surface area (TPSA) is 519 Å². The van der Waals surface area contributed by atoms with Gasteiger partial charge in [-0.2, -0.15) is 5.21 Å². The Morgan fingerprint density at radius 3 is 1.85 bits per heavy atom. The van der Waals surface area contributed by atoms with Crippen molar-refractivity contribution in [1.29, 1.82) is 0 Å². The monoisotopic (exact) mass is 1420 g/mol. The van der Waals surface area contributed by atoms with Crippen molar-refractivity contribution in [2.45, 2.75) is 185 Å². The average molecular weight is 1420 g/mol. The zero-order valence-corrected chi connectivity index (χ0v) is 58.3. The van der Waals surface area contributed by atoms with E-state index in [4.69, 9.17) is 21.9 Å². The lowest BCUT2D eigenvalue weighted by atomic mass is 9.90. The number of ether oxygens (including phenoxy) is 1. The number of nitrogens with two attached hydrogens (primary N) is 3. The third-order valence-corrected chi connectivity index (χ3v) is 16.3. The van der Waals surface area contributed by atoms with Crippen LogP contribution in [0, 0.1) is 19.7 Å². The van der Waals surface area contributed by atoms with E-state index < -0.39 is 162 Å². The highest BCUT2D eigenvalue weighted by Crippen LogP contribution is 2.29. The number of carboxylic acids is 1. The third-order valence-electron chi connectivity index (χ3n) is 16.3. The Bertz CT molecular complexity index is 3700. The number of nitrogens with one attached hydrogen (secondary N) is 10. The van der Waals surface area contributed by atoms with Crippen molar-refractivity contribution in [1.82, 2.24) is 68.5 Å². The molecule has 0 saturated heterocycles. The van der Waals surface area contributed by atoms with E-state index in [9.17, 15) is 73.2 Å². The van der Waals surface area contributed by atoms with Gasteiger partial charge in [-0.15, -0.1) is 10.2 Å². The van der Waals surface area contributed by atoms with E-state index in [1.807, 2.05) is 57.2 Å². The maximum absolute atomic E-state index is 15.4. The quantitative estimate of drug-likeness (QED) is 0.0192. The van der Waals surface area contributed by atoms with Crippen molar-refractivity contribution >= 4 is 65.0 Å². The Labute approximate surface area is 589 Å². The molecule has 0 spiro atoms. The fraction of sp³-hybridized carbons (Fsp3) is 0.478. The molecule has 5 rings (SSSR count). The number of carbonyl (C=O) groups is 11. The summed E-state index contributed by atoms with van der Waals surface area (Å²) in [6.07, 6.45) is -2.78. The number of amides is 10. The van der Waals surface area contributed by atoms with E-state index in [0.29, 0.717) is 43.7 Å². The summed E-state index contributed by atoms with van der Waals surface area (Å²) in [6.45, 7) is 10.7. The molecule has 0 unspecified atom stereocenters. The molecule has 0 saturated carbocycles. The standard InChI is InChI=1S/C69H95FN16O16/c1-9-43-31-46(102-26-13-12-25-71)23-24-47(43)44-21-19-41(20-22-44)30-50(61(95)75-49(59(72)93)18-14-15-42-28-37(2)27-38(3)29-42)76-62(96)52(33-56(91)92)77-63(97)53(36-87)78-64(98)57(39(4)88)81-67(101)69(8,34-45-16-10-11-17-48(45)70)82-65(99)58(40(5)89)80-55(90)35-74-60(94)51(32-54-83-85-86-84-54)79-66(100)68(6,7)73/h10-11,16-17,19-24,27-29,31,39-40,49-53,57-58,87-89H,9,12-15,18,25-26,30,32-36,71,73H2,1-8H3,(H2,72,93)(H,74,94)(H,75,95)(H,76,96)(H,77,97)(H,78,98)(H,79,100)(H,80,90)(H,81,101)(H,82,99)(H,91,92)(H,83,84,85,86)/t39-,40-,49+,50+,51+,52+,53+,57+,58+,69+/m1/s1. The molecule has 0 aliphatic heterocycles. The van der Waals surface area contributed by atoms with Crippen LogP contribution < -0.4 is 69.8 Å². The predicted molar refractivity (Wildman–Crippen MR) is 369 cm³/mol. The molecule has 554 valence electrons. The molecular weight excluding hydrogens is 1330 g/mol. The van der Waals surface area contributed by atoms with Gasteiger partial charge in [-0.25, -0.2) is 4.39 Å². The highest BCUT2D eigenvalue weighted by molar-refractivity contribution is 6.00. The number of hydrogen-bond acceptors (Lipinski definition) is 20. The Morgan fingerprint density at radius 2 is 1.26 bits per heavy atom. The molecule has 32 nitrogen and oxygen atoms in total. The number of halogens is 1. The van der Waals surface area contributed by atoms with Gasteiger partial charge in [-0.3, -0.25) is 52.7 Å². The maximum Gasteiger partial charge on any atom is 0.305 e. The smallest absolute Gasteiger partial charge is 0.305 e. The second-order valence-electron chi connectivity index (χ2n) is 25.8. The summed E-state index contributed by atoms with van der Waals surface area (Å²) in [5, 5.41) is 76.7. The molecule has 5 aromatic rings. The Morgan fingerprint density at radius 1 is 0.657 bits per heavy atom. The number of hydrogen-bond donors (Lipinski definition) is 17. The predicted octanol–water partition coefficient (Wildman–Crippen LogP) is -1.81. The highest BCUT2D eigenvalue weighted by Gasteiger charge is 2.43. The summed E-state index contributed by atoms with van der Waals surface area (Å²) >= 11 is 0. The molecule has 102 heavy (non-hydrogen) atoms. The molecule has 20 N–H and O–H groups in total. The van der Waals surface area contributed by atoms with Gasteiger partial charge in [0.25, 0.3) is 0 Å². The number of aliphatic hydroxyl groups excluding tert-OH is 3. The van der Waals surface area contributed by atoms with Crippen molar-refractivity contribution in [2.24, 2.45) is 17.2 Å². The van der Waals surface area contributed by atoms with Gasteiger partial charge in [0.1, 0.15) is 59.4 Å². The van der Waals surface area contributed by atoms with E-state index in [1.165, 1.54) is 32.0 Å². The van der Waals surface area contributed by atoms with Gasteiger partial charge in [0, 0.05) is 19.3 Å². The van der Waals surface area contributed by atoms with Crippen LogP contribution in [0.1, 0.15) is 113 Å². The summed E-state index contributed by atoms with van der Waals surface area (Å²) in [4.78, 5) is 151. The van der Waals surface area contributed by atoms with Crippen LogP contribution in [-0.2, 0) is 84.8 Å². The first-order chi connectivity index (χ1) is 48.1. The van der Waals surface area contributed by atoms with E-state index in [1.54, 1.807) is 24.3 Å². The fourth-order valence-electron chi connectivity index (χ4n) is 10.8. The molecule has 10 amide bonds. The molecule has 1 aromatic heterocycles. The number of unbranched alkanes of at least 4 members (excludes halogenated alkanes) is 1. The number of tetrazole rings is 1. The number of benzene rings is 4. The molecule has 10 atom stereocenters. The first-order valence-electron chi connectivity index (χ1n) is 33.2. The maximum atomic E-state index is 15.4. The van der Waals surface area contributed by atoms with Gasteiger partial charge in [0.15, 0.2) is 5.82 Å². The van der Waals surface area contributed by atoms with Crippen LogP contribution in [0.3, 0.4) is 0 Å². The number of aliphatic carboxylic acids is 1. The van der Waals surface area contributed by atoms with Gasteiger partial charge < -0.3 is 90.2 Å². The Kier molecular flexibility index (Phi) is 31.5. The molecule has 33 heteroatoms. The van der Waals surface area contributed by atoms with Crippen LogP contribution in [0.4, 0.5) is 4.39 Å². The van der Waals surface area contributed by atoms with E-state index >= 15 is 4.39 Å². The van der Waals surface area contributed by atoms with Crippen LogP contribution in [0.2, 0.25) is 0 Å². The number of aromatic nitrogens is 4. The zero-order chi connectivity index (χ0) is 75.6. The van der Waals surface area contributed by atoms with Gasteiger partial charge in [-0.1, -0.05) is 90.0 Å². The van der Waals surface area contributed by atoms with Crippen LogP contribution in [0.15, 0.2) is 84.9 Å². The molecular formula is C69H95FN16O16. The Balaban J connectivity index is 1.35. The van der Waals surface area contributed by atoms with Crippen LogP contribution >= 0.6 is 0 Å². The van der Waals surface area contributed by atoms with Gasteiger partial charge in [0.05, 0.1) is 43.9 Å². The van der Waals surface area contributed by atoms with Gasteiger partial charge in [0.2, 0.25) is 59.1 Å². The Hall–Kier alpha value is -10.4. The summed E-state index contributed by atoms with van der Waals surface area (Å²) in [5.41, 5.74) is 19.6. The molecule has 1 heterocycles. The number of carbonyl (C=O) groups excluding carboxylic acids is 10. The largest absolute Gasteiger partial charge is 0.494 e. The minimum absolute atomic E-state index is 0.00211. The summed E-state index contributed by atoms with van der Waals surface area (Å²) in [7, 11) is 0. The number of H-pyrrole nitrogens is 1. The third kappa shape index (κ3) is 25.7. The average Bonchev–Trinajstić information content (AvgIpc) is 0.881. The van der Waals surface area contributed by atoms with E-state index in [2.05, 4.69) is 68.5 Å². The molecule has 0 fully saturated rings. The number of aryl methyl sites for hydroxylation is 4. The number of carboxylic acid groups (broad SMARTS) is 1. The van der Waals surface area contributed by atoms with Gasteiger partial charge >= 0.3 is 5.97 Å². The summed E-state index contributed by atoms with van der Waals surface area (Å²) in [5.74, 6) is -13.0. The number of aliphatic hydroxyl groups is 3. The van der Waals surface area contributed by atoms with E-state index in [0.717, 1.165) is 73.1 Å². The second kappa shape index (κ2) is 39.0. The van der Waals surface area contributed by atoms with Crippen molar-refractivity contribution < 1.29 is 82.3 Å². The lowest BCUT2D eigenvalue weighted by Gasteiger charge is -2.34. The van der Waals surface area contributed by atoms with Crippen molar-refractivity contribution in [3.05, 3.63) is 130 Å². The normalized spacial score (nSPS) is 14.6. The van der Waals surface area contributed by atoms with Gasteiger partial charge in [-0.05, 0) is 145 Å². The lowest BCUT2D eigenvalue weighted by Crippen LogP contribution is -2.67. The number of primary amides is 1.